The molecule has 0 heterocycles. The average molecular weight is 245 g/mol. The third kappa shape index (κ3) is 2.48. The van der Waals surface area contributed by atoms with E-state index in [1.807, 2.05) is 6.92 Å². The molecule has 2 rings (SSSR count). The lowest BCUT2D eigenvalue weighted by Crippen LogP contribution is -1.85. The Morgan fingerprint density at radius 1 is 1.17 bits per heavy atom. The first kappa shape index (κ1) is 12.1. The first-order valence-corrected chi connectivity index (χ1v) is 5.39. The minimum absolute atomic E-state index is 0.0437. The van der Waals surface area contributed by atoms with Gasteiger partial charge in [0.25, 0.3) is 0 Å². The summed E-state index contributed by atoms with van der Waals surface area (Å²) in [5.74, 6) is -1.11. The first-order chi connectivity index (χ1) is 8.58. The third-order valence-corrected chi connectivity index (χ3v) is 2.49. The second-order valence-corrected chi connectivity index (χ2v) is 3.93. The van der Waals surface area contributed by atoms with Crippen molar-refractivity contribution >= 4 is 11.9 Å². The average Bonchev–Trinajstić information content (AvgIpc) is 2.33. The van der Waals surface area contributed by atoms with Gasteiger partial charge in [-0.05, 0) is 36.8 Å². The van der Waals surface area contributed by atoms with Gasteiger partial charge in [-0.3, -0.25) is 4.99 Å². The summed E-state index contributed by atoms with van der Waals surface area (Å²) in [4.78, 5) is 4.02. The SMILES string of the molecule is Cc1ccc(N=Cc2cccc(F)c2O)c(O)c1. The number of aliphatic imine (C=N–C) groups is 1. The molecule has 0 aliphatic carbocycles. The first-order valence-electron chi connectivity index (χ1n) is 5.39. The van der Waals surface area contributed by atoms with Crippen LogP contribution in [0.3, 0.4) is 0 Å². The van der Waals surface area contributed by atoms with E-state index >= 15 is 0 Å². The Balaban J connectivity index is 2.33. The normalized spacial score (nSPS) is 11.0. The zero-order chi connectivity index (χ0) is 13.1. The molecule has 18 heavy (non-hydrogen) atoms. The smallest absolute Gasteiger partial charge is 0.165 e. The zero-order valence-corrected chi connectivity index (χ0v) is 9.76. The lowest BCUT2D eigenvalue weighted by atomic mass is 10.2. The molecule has 0 bridgehead atoms. The van der Waals surface area contributed by atoms with Crippen molar-refractivity contribution in [3.63, 3.8) is 0 Å². The van der Waals surface area contributed by atoms with Crippen molar-refractivity contribution in [2.24, 2.45) is 4.99 Å². The Kier molecular flexibility index (Phi) is 3.28. The number of aromatic hydroxyl groups is 2. The second-order valence-electron chi connectivity index (χ2n) is 3.93. The number of benzene rings is 2. The highest BCUT2D eigenvalue weighted by molar-refractivity contribution is 5.85. The molecule has 0 fully saturated rings. The maximum atomic E-state index is 13.1. The molecular weight excluding hydrogens is 233 g/mol. The summed E-state index contributed by atoms with van der Waals surface area (Å²) in [7, 11) is 0. The lowest BCUT2D eigenvalue weighted by Gasteiger charge is -2.01. The minimum Gasteiger partial charge on any atom is -0.506 e. The number of phenolic OH excluding ortho intramolecular Hbond substituents is 2. The van der Waals surface area contributed by atoms with E-state index in [0.717, 1.165) is 11.6 Å². The van der Waals surface area contributed by atoms with Crippen LogP contribution in [0.2, 0.25) is 0 Å². The van der Waals surface area contributed by atoms with Crippen molar-refractivity contribution in [3.8, 4) is 11.5 Å². The summed E-state index contributed by atoms with van der Waals surface area (Å²) in [5.41, 5.74) is 1.54. The molecule has 2 aromatic rings. The van der Waals surface area contributed by atoms with Crippen LogP contribution in [0.1, 0.15) is 11.1 Å². The number of hydrogen-bond donors (Lipinski definition) is 2. The summed E-state index contributed by atoms with van der Waals surface area (Å²) in [6.45, 7) is 1.85. The van der Waals surface area contributed by atoms with E-state index in [2.05, 4.69) is 4.99 Å². The van der Waals surface area contributed by atoms with Crippen LogP contribution in [0.5, 0.6) is 11.5 Å². The molecule has 0 saturated heterocycles. The van der Waals surface area contributed by atoms with E-state index in [0.29, 0.717) is 5.69 Å². The predicted octanol–water partition coefficient (Wildman–Crippen LogP) is 3.30. The largest absolute Gasteiger partial charge is 0.506 e. The van der Waals surface area contributed by atoms with Gasteiger partial charge in [0.2, 0.25) is 0 Å². The van der Waals surface area contributed by atoms with Crippen LogP contribution in [0, 0.1) is 12.7 Å². The van der Waals surface area contributed by atoms with E-state index in [1.165, 1.54) is 18.3 Å². The second kappa shape index (κ2) is 4.87. The maximum Gasteiger partial charge on any atom is 0.165 e. The molecule has 0 aromatic heterocycles. The molecule has 0 aliphatic heterocycles. The number of rotatable bonds is 2. The van der Waals surface area contributed by atoms with E-state index in [9.17, 15) is 14.6 Å². The molecule has 0 spiro atoms. The molecule has 0 saturated carbocycles. The predicted molar refractivity (Wildman–Crippen MR) is 68.2 cm³/mol. The molecule has 2 aromatic carbocycles. The quantitative estimate of drug-likeness (QED) is 0.797. The molecule has 0 amide bonds. The summed E-state index contributed by atoms with van der Waals surface area (Å²) >= 11 is 0. The number of nitrogens with zero attached hydrogens (tertiary/aromatic N) is 1. The van der Waals surface area contributed by atoms with Gasteiger partial charge in [-0.15, -0.1) is 0 Å². The van der Waals surface area contributed by atoms with Crippen molar-refractivity contribution in [2.45, 2.75) is 6.92 Å². The van der Waals surface area contributed by atoms with E-state index in [-0.39, 0.29) is 11.3 Å². The minimum atomic E-state index is -0.702. The monoisotopic (exact) mass is 245 g/mol. The van der Waals surface area contributed by atoms with Gasteiger partial charge >= 0.3 is 0 Å². The van der Waals surface area contributed by atoms with Crippen molar-refractivity contribution in [3.05, 3.63) is 53.3 Å². The summed E-state index contributed by atoms with van der Waals surface area (Å²) in [6.07, 6.45) is 1.31. The van der Waals surface area contributed by atoms with Gasteiger partial charge in [0.05, 0.1) is 0 Å². The number of halogens is 1. The van der Waals surface area contributed by atoms with Gasteiger partial charge in [0.15, 0.2) is 11.6 Å². The molecule has 3 nitrogen and oxygen atoms in total. The van der Waals surface area contributed by atoms with Crippen LogP contribution in [-0.2, 0) is 0 Å². The van der Waals surface area contributed by atoms with Crippen molar-refractivity contribution < 1.29 is 14.6 Å². The summed E-state index contributed by atoms with van der Waals surface area (Å²) in [6, 6.07) is 9.21. The summed E-state index contributed by atoms with van der Waals surface area (Å²) < 4.78 is 13.1. The molecule has 92 valence electrons. The van der Waals surface area contributed by atoms with Crippen LogP contribution in [0.15, 0.2) is 41.4 Å². The van der Waals surface area contributed by atoms with Crippen LogP contribution in [0.25, 0.3) is 0 Å². The molecular formula is C14H12FNO2. The Labute approximate surface area is 104 Å². The zero-order valence-electron chi connectivity index (χ0n) is 9.76. The van der Waals surface area contributed by atoms with E-state index < -0.39 is 11.6 Å². The molecule has 0 atom stereocenters. The highest BCUT2D eigenvalue weighted by Crippen LogP contribution is 2.27. The standard InChI is InChI=1S/C14H12FNO2/c1-9-5-6-12(13(17)7-9)16-8-10-3-2-4-11(15)14(10)18/h2-8,17-18H,1H3. The van der Waals surface area contributed by atoms with Crippen LogP contribution >= 0.6 is 0 Å². The Hall–Kier alpha value is -2.36. The van der Waals surface area contributed by atoms with E-state index in [4.69, 9.17) is 0 Å². The fourth-order valence-corrected chi connectivity index (χ4v) is 1.52. The van der Waals surface area contributed by atoms with Gasteiger partial charge < -0.3 is 10.2 Å². The number of aryl methyl sites for hydroxylation is 1. The molecule has 0 aliphatic rings. The van der Waals surface area contributed by atoms with Gasteiger partial charge in [-0.2, -0.15) is 0 Å². The van der Waals surface area contributed by atoms with Crippen LogP contribution < -0.4 is 0 Å². The van der Waals surface area contributed by atoms with Crippen molar-refractivity contribution in [1.29, 1.82) is 0 Å². The summed E-state index contributed by atoms with van der Waals surface area (Å²) in [5, 5.41) is 19.1. The van der Waals surface area contributed by atoms with Gasteiger partial charge in [-0.1, -0.05) is 12.1 Å². The van der Waals surface area contributed by atoms with Gasteiger partial charge in [0.1, 0.15) is 11.4 Å². The Morgan fingerprint density at radius 3 is 2.67 bits per heavy atom. The molecule has 2 N–H and O–H groups in total. The topological polar surface area (TPSA) is 52.8 Å². The highest BCUT2D eigenvalue weighted by atomic mass is 19.1. The van der Waals surface area contributed by atoms with Crippen LogP contribution in [-0.4, -0.2) is 16.4 Å². The number of para-hydroxylation sites is 1. The van der Waals surface area contributed by atoms with E-state index in [1.54, 1.807) is 18.2 Å². The van der Waals surface area contributed by atoms with Crippen LogP contribution in [0.4, 0.5) is 10.1 Å². The van der Waals surface area contributed by atoms with Gasteiger partial charge in [-0.25, -0.2) is 4.39 Å². The number of phenols is 2. The van der Waals surface area contributed by atoms with Crippen molar-refractivity contribution in [1.82, 2.24) is 0 Å². The Morgan fingerprint density at radius 2 is 1.94 bits per heavy atom. The highest BCUT2D eigenvalue weighted by Gasteiger charge is 2.04. The third-order valence-electron chi connectivity index (χ3n) is 2.49. The molecule has 0 radical (unpaired) electrons. The molecule has 4 heteroatoms. The van der Waals surface area contributed by atoms with Gasteiger partial charge in [0, 0.05) is 11.8 Å². The Bertz CT molecular complexity index is 609. The number of hydrogen-bond acceptors (Lipinski definition) is 3. The maximum absolute atomic E-state index is 13.1. The lowest BCUT2D eigenvalue weighted by molar-refractivity contribution is 0.431. The fourth-order valence-electron chi connectivity index (χ4n) is 1.52. The fraction of sp³-hybridized carbons (Fsp3) is 0.0714. The molecule has 0 unspecified atom stereocenters. The van der Waals surface area contributed by atoms with Crippen molar-refractivity contribution in [2.75, 3.05) is 0 Å².